The first kappa shape index (κ1) is 7.79. The van der Waals surface area contributed by atoms with Crippen LogP contribution in [0.5, 0.6) is 0 Å². The number of nitrogen functional groups attached to an aromatic ring is 1. The number of carbonyl (C=O) groups is 1. The molecular formula is C9H9N3O. The maximum absolute atomic E-state index is 11.1. The molecule has 1 heterocycles. The molecule has 66 valence electrons. The van der Waals surface area contributed by atoms with E-state index in [1.165, 1.54) is 6.92 Å². The summed E-state index contributed by atoms with van der Waals surface area (Å²) in [5.74, 6) is -0.0795. The summed E-state index contributed by atoms with van der Waals surface area (Å²) in [5.41, 5.74) is 7.51. The summed E-state index contributed by atoms with van der Waals surface area (Å²) < 4.78 is 0. The third-order valence-corrected chi connectivity index (χ3v) is 1.96. The van der Waals surface area contributed by atoms with E-state index in [1.807, 2.05) is 12.1 Å². The Kier molecular flexibility index (Phi) is 1.55. The van der Waals surface area contributed by atoms with Gasteiger partial charge >= 0.3 is 0 Å². The lowest BCUT2D eigenvalue weighted by Gasteiger charge is -1.95. The van der Waals surface area contributed by atoms with Crippen molar-refractivity contribution in [2.75, 3.05) is 5.73 Å². The molecule has 0 aliphatic carbocycles. The Morgan fingerprint density at radius 3 is 3.00 bits per heavy atom. The highest BCUT2D eigenvalue weighted by Gasteiger charge is 2.11. The number of nitrogens with two attached hydrogens (primary N) is 1. The van der Waals surface area contributed by atoms with E-state index in [0.29, 0.717) is 11.4 Å². The van der Waals surface area contributed by atoms with E-state index >= 15 is 0 Å². The first-order valence-corrected chi connectivity index (χ1v) is 3.93. The van der Waals surface area contributed by atoms with Crippen LogP contribution in [0.2, 0.25) is 0 Å². The van der Waals surface area contributed by atoms with Crippen molar-refractivity contribution in [1.29, 1.82) is 0 Å². The Morgan fingerprint density at radius 1 is 1.54 bits per heavy atom. The zero-order valence-electron chi connectivity index (χ0n) is 7.16. The molecule has 0 saturated carbocycles. The van der Waals surface area contributed by atoms with Gasteiger partial charge in [0.05, 0.1) is 10.9 Å². The Hall–Kier alpha value is -1.84. The molecule has 0 spiro atoms. The van der Waals surface area contributed by atoms with Crippen molar-refractivity contribution in [2.45, 2.75) is 6.92 Å². The number of fused-ring (bicyclic) bond motifs is 1. The van der Waals surface area contributed by atoms with Crippen molar-refractivity contribution in [3.05, 3.63) is 23.9 Å². The highest BCUT2D eigenvalue weighted by Crippen LogP contribution is 2.22. The molecule has 3 N–H and O–H groups in total. The molecule has 0 unspecified atom stereocenters. The number of hydrogen-bond donors (Lipinski definition) is 2. The number of nitrogens with one attached hydrogen (secondary N) is 1. The molecule has 0 aliphatic heterocycles. The number of aromatic nitrogens is 2. The van der Waals surface area contributed by atoms with E-state index in [2.05, 4.69) is 10.2 Å². The number of carbonyl (C=O) groups excluding carboxylic acids is 1. The molecule has 0 amide bonds. The van der Waals surface area contributed by atoms with Crippen molar-refractivity contribution in [2.24, 2.45) is 0 Å². The van der Waals surface area contributed by atoms with Crippen molar-refractivity contribution < 1.29 is 4.79 Å². The highest BCUT2D eigenvalue weighted by atomic mass is 16.1. The van der Waals surface area contributed by atoms with Crippen LogP contribution in [-0.2, 0) is 0 Å². The maximum Gasteiger partial charge on any atom is 0.180 e. The lowest BCUT2D eigenvalue weighted by molar-refractivity contribution is 0.101. The van der Waals surface area contributed by atoms with Crippen molar-refractivity contribution in [1.82, 2.24) is 10.2 Å². The molecule has 4 nitrogen and oxygen atoms in total. The lowest BCUT2D eigenvalue weighted by Crippen LogP contribution is -1.95. The van der Waals surface area contributed by atoms with Gasteiger partial charge in [0.25, 0.3) is 0 Å². The molecule has 2 rings (SSSR count). The number of Topliss-reactive ketones (excluding diaryl/α,β-unsaturated/α-hetero) is 1. The number of rotatable bonds is 1. The van der Waals surface area contributed by atoms with Crippen LogP contribution in [0, 0.1) is 0 Å². The number of aromatic amines is 1. The van der Waals surface area contributed by atoms with Gasteiger partial charge in [0.2, 0.25) is 0 Å². The minimum Gasteiger partial charge on any atom is -0.398 e. The van der Waals surface area contributed by atoms with Crippen LogP contribution < -0.4 is 5.73 Å². The minimum absolute atomic E-state index is 0.0795. The van der Waals surface area contributed by atoms with Gasteiger partial charge in [0.1, 0.15) is 5.69 Å². The third-order valence-electron chi connectivity index (χ3n) is 1.96. The monoisotopic (exact) mass is 175 g/mol. The Morgan fingerprint density at radius 2 is 2.31 bits per heavy atom. The molecule has 0 radical (unpaired) electrons. The van der Waals surface area contributed by atoms with Gasteiger partial charge < -0.3 is 5.73 Å². The summed E-state index contributed by atoms with van der Waals surface area (Å²) >= 11 is 0. The van der Waals surface area contributed by atoms with E-state index < -0.39 is 0 Å². The molecule has 4 heteroatoms. The van der Waals surface area contributed by atoms with E-state index in [4.69, 9.17) is 5.73 Å². The summed E-state index contributed by atoms with van der Waals surface area (Å²) in [6.45, 7) is 1.47. The largest absolute Gasteiger partial charge is 0.398 e. The van der Waals surface area contributed by atoms with E-state index in [1.54, 1.807) is 6.07 Å². The third kappa shape index (κ3) is 1.07. The number of hydrogen-bond acceptors (Lipinski definition) is 3. The van der Waals surface area contributed by atoms with Crippen molar-refractivity contribution >= 4 is 22.4 Å². The van der Waals surface area contributed by atoms with Crippen LogP contribution in [0.25, 0.3) is 10.9 Å². The molecule has 0 aliphatic rings. The summed E-state index contributed by atoms with van der Waals surface area (Å²) in [4.78, 5) is 11.1. The Labute approximate surface area is 74.7 Å². The summed E-state index contributed by atoms with van der Waals surface area (Å²) in [6, 6.07) is 5.41. The van der Waals surface area contributed by atoms with Gasteiger partial charge in [-0.1, -0.05) is 6.07 Å². The SMILES string of the molecule is CC(=O)c1n[nH]c2cccc(N)c12. The quantitative estimate of drug-likeness (QED) is 0.507. The molecular weight excluding hydrogens is 166 g/mol. The zero-order chi connectivity index (χ0) is 9.42. The first-order valence-electron chi connectivity index (χ1n) is 3.93. The highest BCUT2D eigenvalue weighted by molar-refractivity contribution is 6.08. The van der Waals surface area contributed by atoms with Crippen LogP contribution in [0.1, 0.15) is 17.4 Å². The molecule has 13 heavy (non-hydrogen) atoms. The summed E-state index contributed by atoms with van der Waals surface area (Å²) in [7, 11) is 0. The van der Waals surface area contributed by atoms with Gasteiger partial charge in [-0.3, -0.25) is 9.89 Å². The molecule has 2 aromatic rings. The second-order valence-corrected chi connectivity index (χ2v) is 2.90. The summed E-state index contributed by atoms with van der Waals surface area (Å²) in [5, 5.41) is 7.38. The topological polar surface area (TPSA) is 71.8 Å². The molecule has 1 aromatic heterocycles. The van der Waals surface area contributed by atoms with E-state index in [0.717, 1.165) is 10.9 Å². The molecule has 0 atom stereocenters. The average Bonchev–Trinajstić information content (AvgIpc) is 2.49. The van der Waals surface area contributed by atoms with Crippen molar-refractivity contribution in [3.8, 4) is 0 Å². The molecule has 1 aromatic carbocycles. The van der Waals surface area contributed by atoms with Crippen LogP contribution in [-0.4, -0.2) is 16.0 Å². The van der Waals surface area contributed by atoms with Gasteiger partial charge in [-0.15, -0.1) is 0 Å². The van der Waals surface area contributed by atoms with E-state index in [-0.39, 0.29) is 5.78 Å². The molecule has 0 bridgehead atoms. The number of H-pyrrole nitrogens is 1. The maximum atomic E-state index is 11.1. The van der Waals surface area contributed by atoms with E-state index in [9.17, 15) is 4.79 Å². The van der Waals surface area contributed by atoms with Crippen LogP contribution in [0.4, 0.5) is 5.69 Å². The molecule has 0 saturated heterocycles. The fourth-order valence-electron chi connectivity index (χ4n) is 1.35. The van der Waals surface area contributed by atoms with Gasteiger partial charge in [-0.25, -0.2) is 0 Å². The fraction of sp³-hybridized carbons (Fsp3) is 0.111. The van der Waals surface area contributed by atoms with Crippen LogP contribution >= 0.6 is 0 Å². The predicted octanol–water partition coefficient (Wildman–Crippen LogP) is 1.35. The fourth-order valence-corrected chi connectivity index (χ4v) is 1.35. The number of ketones is 1. The minimum atomic E-state index is -0.0795. The van der Waals surface area contributed by atoms with Crippen LogP contribution in [0.3, 0.4) is 0 Å². The number of anilines is 1. The predicted molar refractivity (Wildman–Crippen MR) is 50.5 cm³/mol. The molecule has 0 fully saturated rings. The number of nitrogens with zero attached hydrogens (tertiary/aromatic N) is 1. The Bertz CT molecular complexity index is 473. The normalized spacial score (nSPS) is 10.5. The standard InChI is InChI=1S/C9H9N3O/c1-5(13)9-8-6(10)3-2-4-7(8)11-12-9/h2-4H,10H2,1H3,(H,11,12). The second kappa shape index (κ2) is 2.58. The van der Waals surface area contributed by atoms with Gasteiger partial charge in [-0.2, -0.15) is 5.10 Å². The second-order valence-electron chi connectivity index (χ2n) is 2.90. The van der Waals surface area contributed by atoms with Crippen LogP contribution in [0.15, 0.2) is 18.2 Å². The van der Waals surface area contributed by atoms with Crippen molar-refractivity contribution in [3.63, 3.8) is 0 Å². The Balaban J connectivity index is 2.86. The van der Waals surface area contributed by atoms with Gasteiger partial charge in [0.15, 0.2) is 5.78 Å². The zero-order valence-corrected chi connectivity index (χ0v) is 7.16. The number of benzene rings is 1. The smallest absolute Gasteiger partial charge is 0.180 e. The average molecular weight is 175 g/mol. The first-order chi connectivity index (χ1) is 6.20. The summed E-state index contributed by atoms with van der Waals surface area (Å²) in [6.07, 6.45) is 0. The lowest BCUT2D eigenvalue weighted by atomic mass is 10.1. The van der Waals surface area contributed by atoms with Gasteiger partial charge in [-0.05, 0) is 12.1 Å². The van der Waals surface area contributed by atoms with Gasteiger partial charge in [0, 0.05) is 12.6 Å².